The number of hydrogen-bond donors (Lipinski definition) is 2. The molecule has 1 atom stereocenters. The standard InChI is InChI=1S/C26H36F6N2O2S/c1-24(36,23(35)34-21-13-12-20(19-33)22(18-21)26(30,31)32)14-9-7-5-3-2-4-6-8-10-16-37-17-11-15-25(27,28)29/h12-13,18,36H,2-11,14-17H2,1H3,(H,34,35)/t24-/m0/s1. The molecule has 0 bridgehead atoms. The molecule has 0 fully saturated rings. The van der Waals surface area contributed by atoms with E-state index in [2.05, 4.69) is 5.32 Å². The van der Waals surface area contributed by atoms with Crippen LogP contribution in [-0.4, -0.2) is 34.3 Å². The van der Waals surface area contributed by atoms with E-state index in [0.29, 0.717) is 18.2 Å². The zero-order valence-electron chi connectivity index (χ0n) is 21.1. The van der Waals surface area contributed by atoms with Crippen LogP contribution in [-0.2, 0) is 11.0 Å². The molecule has 0 radical (unpaired) electrons. The number of rotatable bonds is 17. The number of benzene rings is 1. The smallest absolute Gasteiger partial charge is 0.380 e. The molecule has 0 aromatic heterocycles. The van der Waals surface area contributed by atoms with Gasteiger partial charge in [0.25, 0.3) is 5.91 Å². The topological polar surface area (TPSA) is 73.1 Å². The van der Waals surface area contributed by atoms with Gasteiger partial charge >= 0.3 is 12.4 Å². The third-order valence-electron chi connectivity index (χ3n) is 5.89. The number of alkyl halides is 6. The van der Waals surface area contributed by atoms with E-state index in [-0.39, 0.29) is 18.5 Å². The lowest BCUT2D eigenvalue weighted by Gasteiger charge is -2.22. The minimum Gasteiger partial charge on any atom is -0.380 e. The van der Waals surface area contributed by atoms with Crippen LogP contribution in [0.3, 0.4) is 0 Å². The van der Waals surface area contributed by atoms with E-state index < -0.39 is 41.4 Å². The third-order valence-corrected chi connectivity index (χ3v) is 7.05. The number of amides is 1. The van der Waals surface area contributed by atoms with Crippen molar-refractivity contribution in [3.05, 3.63) is 29.3 Å². The van der Waals surface area contributed by atoms with Crippen molar-refractivity contribution in [3.63, 3.8) is 0 Å². The number of aliphatic hydroxyl groups is 1. The van der Waals surface area contributed by atoms with Crippen LogP contribution in [0.5, 0.6) is 0 Å². The second kappa shape index (κ2) is 16.1. The molecule has 2 N–H and O–H groups in total. The number of nitrogens with one attached hydrogen (secondary N) is 1. The summed E-state index contributed by atoms with van der Waals surface area (Å²) in [7, 11) is 0. The summed E-state index contributed by atoms with van der Waals surface area (Å²) in [5.74, 6) is 0.631. The number of thioether (sulfide) groups is 1. The predicted octanol–water partition coefficient (Wildman–Crippen LogP) is 8.24. The number of unbranched alkanes of at least 4 members (excludes halogenated alkanes) is 8. The second-order valence-corrected chi connectivity index (χ2v) is 10.6. The molecule has 0 saturated heterocycles. The molecule has 0 aliphatic rings. The van der Waals surface area contributed by atoms with E-state index in [1.165, 1.54) is 19.1 Å². The lowest BCUT2D eigenvalue weighted by molar-refractivity contribution is -0.138. The first-order chi connectivity index (χ1) is 17.3. The van der Waals surface area contributed by atoms with Crippen molar-refractivity contribution < 1.29 is 36.2 Å². The fraction of sp³-hybridized carbons (Fsp3) is 0.692. The summed E-state index contributed by atoms with van der Waals surface area (Å²) in [4.78, 5) is 12.4. The molecule has 0 heterocycles. The lowest BCUT2D eigenvalue weighted by atomic mass is 9.96. The number of nitriles is 1. The van der Waals surface area contributed by atoms with E-state index in [1.807, 2.05) is 0 Å². The maximum absolute atomic E-state index is 13.1. The van der Waals surface area contributed by atoms with Gasteiger partial charge in [-0.25, -0.2) is 0 Å². The summed E-state index contributed by atoms with van der Waals surface area (Å²) in [6.07, 6.45) is -0.498. The molecule has 0 spiro atoms. The number of anilines is 1. The zero-order valence-corrected chi connectivity index (χ0v) is 21.9. The number of halogens is 6. The van der Waals surface area contributed by atoms with Gasteiger partial charge in [0.2, 0.25) is 0 Å². The molecule has 1 aromatic rings. The van der Waals surface area contributed by atoms with Crippen LogP contribution in [0.1, 0.15) is 95.1 Å². The Balaban J connectivity index is 2.16. The van der Waals surface area contributed by atoms with Crippen molar-refractivity contribution in [2.75, 3.05) is 16.8 Å². The summed E-state index contributed by atoms with van der Waals surface area (Å²) in [5, 5.41) is 21.6. The number of carbonyl (C=O) groups is 1. The largest absolute Gasteiger partial charge is 0.417 e. The van der Waals surface area contributed by atoms with Crippen molar-refractivity contribution >= 4 is 23.4 Å². The molecule has 11 heteroatoms. The van der Waals surface area contributed by atoms with Gasteiger partial charge in [-0.05, 0) is 55.9 Å². The Kier molecular flexibility index (Phi) is 14.4. The third kappa shape index (κ3) is 14.6. The summed E-state index contributed by atoms with van der Waals surface area (Å²) in [5.41, 5.74) is -3.57. The maximum atomic E-state index is 13.1. The van der Waals surface area contributed by atoms with Crippen LogP contribution < -0.4 is 5.32 Å². The Labute approximate surface area is 219 Å². The molecule has 1 rings (SSSR count). The number of nitrogens with zero attached hydrogens (tertiary/aromatic N) is 1. The summed E-state index contributed by atoms with van der Waals surface area (Å²) in [6, 6.07) is 4.33. The van der Waals surface area contributed by atoms with E-state index >= 15 is 0 Å². The minimum atomic E-state index is -4.74. The molecule has 0 aliphatic heterocycles. The van der Waals surface area contributed by atoms with Gasteiger partial charge in [0.05, 0.1) is 17.2 Å². The number of carbonyl (C=O) groups excluding carboxylic acids is 1. The van der Waals surface area contributed by atoms with E-state index in [9.17, 15) is 36.2 Å². The Morgan fingerprint density at radius 3 is 1.97 bits per heavy atom. The summed E-state index contributed by atoms with van der Waals surface area (Å²) < 4.78 is 75.4. The monoisotopic (exact) mass is 554 g/mol. The average molecular weight is 555 g/mol. The van der Waals surface area contributed by atoms with Crippen molar-refractivity contribution in [1.29, 1.82) is 5.26 Å². The highest BCUT2D eigenvalue weighted by Gasteiger charge is 2.35. The quantitative estimate of drug-likeness (QED) is 0.150. The molecular weight excluding hydrogens is 518 g/mol. The summed E-state index contributed by atoms with van der Waals surface area (Å²) in [6.45, 7) is 1.32. The van der Waals surface area contributed by atoms with Crippen LogP contribution in [0.25, 0.3) is 0 Å². The SMILES string of the molecule is C[C@](O)(CCCCCCCCCCCSCCCC(F)(F)F)C(=O)Nc1ccc(C#N)c(C(F)(F)F)c1. The van der Waals surface area contributed by atoms with Crippen LogP contribution in [0.2, 0.25) is 0 Å². The molecule has 1 amide bonds. The van der Waals surface area contributed by atoms with Crippen LogP contribution in [0, 0.1) is 11.3 Å². The zero-order chi connectivity index (χ0) is 28.0. The van der Waals surface area contributed by atoms with Gasteiger partial charge in [-0.1, -0.05) is 51.4 Å². The Morgan fingerprint density at radius 2 is 1.43 bits per heavy atom. The van der Waals surface area contributed by atoms with Gasteiger partial charge in [0.15, 0.2) is 0 Å². The van der Waals surface area contributed by atoms with Gasteiger partial charge in [-0.15, -0.1) is 0 Å². The maximum Gasteiger partial charge on any atom is 0.417 e. The fourth-order valence-electron chi connectivity index (χ4n) is 3.72. The lowest BCUT2D eigenvalue weighted by Crippen LogP contribution is -2.40. The highest BCUT2D eigenvalue weighted by atomic mass is 32.2. The Hall–Kier alpha value is -1.93. The second-order valence-electron chi connectivity index (χ2n) is 9.36. The molecular formula is C26H36F6N2O2S. The van der Waals surface area contributed by atoms with Crippen molar-refractivity contribution in [2.24, 2.45) is 0 Å². The predicted molar refractivity (Wildman–Crippen MR) is 134 cm³/mol. The van der Waals surface area contributed by atoms with Gasteiger partial charge in [0, 0.05) is 12.1 Å². The molecule has 0 aliphatic carbocycles. The minimum absolute atomic E-state index is 0.142. The highest BCUT2D eigenvalue weighted by Crippen LogP contribution is 2.34. The molecule has 0 unspecified atom stereocenters. The first kappa shape index (κ1) is 33.1. The molecule has 210 valence electrons. The van der Waals surface area contributed by atoms with Crippen molar-refractivity contribution in [2.45, 2.75) is 102 Å². The average Bonchev–Trinajstić information content (AvgIpc) is 2.80. The first-order valence-electron chi connectivity index (χ1n) is 12.6. The molecule has 0 saturated carbocycles. The van der Waals surface area contributed by atoms with Crippen molar-refractivity contribution in [1.82, 2.24) is 0 Å². The highest BCUT2D eigenvalue weighted by molar-refractivity contribution is 7.99. The van der Waals surface area contributed by atoms with Gasteiger partial charge in [0.1, 0.15) is 5.60 Å². The molecule has 1 aromatic carbocycles. The van der Waals surface area contributed by atoms with Crippen LogP contribution in [0.15, 0.2) is 18.2 Å². The molecule has 4 nitrogen and oxygen atoms in total. The first-order valence-corrected chi connectivity index (χ1v) is 13.7. The van der Waals surface area contributed by atoms with Crippen LogP contribution in [0.4, 0.5) is 32.0 Å². The van der Waals surface area contributed by atoms with Gasteiger partial charge in [-0.2, -0.15) is 43.4 Å². The summed E-state index contributed by atoms with van der Waals surface area (Å²) >= 11 is 1.57. The Bertz CT molecular complexity index is 866. The van der Waals surface area contributed by atoms with Crippen molar-refractivity contribution in [3.8, 4) is 6.07 Å². The fourth-order valence-corrected chi connectivity index (χ4v) is 4.68. The van der Waals surface area contributed by atoms with Gasteiger partial charge < -0.3 is 10.4 Å². The Morgan fingerprint density at radius 1 is 0.892 bits per heavy atom. The van der Waals surface area contributed by atoms with E-state index in [1.54, 1.807) is 11.8 Å². The number of hydrogen-bond acceptors (Lipinski definition) is 4. The molecule has 37 heavy (non-hydrogen) atoms. The van der Waals surface area contributed by atoms with Crippen LogP contribution >= 0.6 is 11.8 Å². The van der Waals surface area contributed by atoms with E-state index in [4.69, 9.17) is 5.26 Å². The van der Waals surface area contributed by atoms with E-state index in [0.717, 1.165) is 63.2 Å². The normalized spacial score (nSPS) is 13.7. The van der Waals surface area contributed by atoms with Gasteiger partial charge in [-0.3, -0.25) is 4.79 Å².